The van der Waals surface area contributed by atoms with Gasteiger partial charge >= 0.3 is 0 Å². The molecule has 150 valence electrons. The summed E-state index contributed by atoms with van der Waals surface area (Å²) >= 11 is 17.9. The number of anilines is 2. The lowest BCUT2D eigenvalue weighted by molar-refractivity contribution is 0.0962. The molecule has 1 amide bonds. The molecule has 0 aliphatic rings. The van der Waals surface area contributed by atoms with E-state index in [-0.39, 0.29) is 14.9 Å². The Morgan fingerprint density at radius 3 is 2.00 bits per heavy atom. The van der Waals surface area contributed by atoms with Gasteiger partial charge in [0, 0.05) is 16.3 Å². The van der Waals surface area contributed by atoms with Gasteiger partial charge in [-0.15, -0.1) is 0 Å². The Balaban J connectivity index is 1.66. The largest absolute Gasteiger partial charge is 0.295 e. The Hall–Kier alpha value is -2.45. The number of halogens is 3. The van der Waals surface area contributed by atoms with Gasteiger partial charge in [-0.3, -0.25) is 20.4 Å². The molecule has 0 saturated heterocycles. The van der Waals surface area contributed by atoms with E-state index in [1.807, 2.05) is 0 Å². The number of hydrogen-bond donors (Lipinski definition) is 3. The molecule has 0 radical (unpaired) electrons. The van der Waals surface area contributed by atoms with E-state index in [1.54, 1.807) is 18.2 Å². The van der Waals surface area contributed by atoms with Crippen LogP contribution in [0.3, 0.4) is 0 Å². The van der Waals surface area contributed by atoms with Gasteiger partial charge in [-0.1, -0.05) is 53.0 Å². The summed E-state index contributed by atoms with van der Waals surface area (Å²) in [4.78, 5) is 12.4. The van der Waals surface area contributed by atoms with Gasteiger partial charge < -0.3 is 0 Å². The van der Waals surface area contributed by atoms with E-state index in [4.69, 9.17) is 34.8 Å². The Labute approximate surface area is 182 Å². The number of benzene rings is 3. The van der Waals surface area contributed by atoms with E-state index in [2.05, 4.69) is 15.6 Å². The van der Waals surface area contributed by atoms with Gasteiger partial charge in [0.1, 0.15) is 0 Å². The van der Waals surface area contributed by atoms with Crippen molar-refractivity contribution < 1.29 is 13.2 Å². The summed E-state index contributed by atoms with van der Waals surface area (Å²) in [6.07, 6.45) is 0. The average molecular weight is 471 g/mol. The predicted molar refractivity (Wildman–Crippen MR) is 116 cm³/mol. The standard InChI is InChI=1S/C19H14Cl3N3O3S/c20-13-10-16(21)18(17(22)11-13)23-24-19(26)12-6-8-14(9-7-12)25-29(27,28)15-4-2-1-3-5-15/h1-11,23,25H,(H,24,26). The molecule has 3 aromatic rings. The molecule has 0 aromatic heterocycles. The molecule has 0 bridgehead atoms. The van der Waals surface area contributed by atoms with Crippen molar-refractivity contribution in [2.24, 2.45) is 0 Å². The molecule has 6 nitrogen and oxygen atoms in total. The first-order valence-electron chi connectivity index (χ1n) is 8.15. The number of carbonyl (C=O) groups excluding carboxylic acids is 1. The van der Waals surface area contributed by atoms with Crippen LogP contribution in [-0.2, 0) is 10.0 Å². The molecule has 0 aliphatic heterocycles. The Kier molecular flexibility index (Phi) is 6.54. The Morgan fingerprint density at radius 1 is 0.828 bits per heavy atom. The first kappa shape index (κ1) is 21.3. The quantitative estimate of drug-likeness (QED) is 0.432. The zero-order valence-corrected chi connectivity index (χ0v) is 17.7. The highest BCUT2D eigenvalue weighted by molar-refractivity contribution is 7.92. The van der Waals surface area contributed by atoms with Crippen molar-refractivity contribution in [1.29, 1.82) is 0 Å². The molecule has 3 rings (SSSR count). The van der Waals surface area contributed by atoms with Crippen molar-refractivity contribution >= 4 is 62.1 Å². The van der Waals surface area contributed by atoms with Crippen molar-refractivity contribution in [2.75, 3.05) is 10.1 Å². The van der Waals surface area contributed by atoms with Crippen molar-refractivity contribution in [3.63, 3.8) is 0 Å². The SMILES string of the molecule is O=C(NNc1c(Cl)cc(Cl)cc1Cl)c1ccc(NS(=O)(=O)c2ccccc2)cc1. The summed E-state index contributed by atoms with van der Waals surface area (Å²) < 4.78 is 27.1. The molecule has 0 atom stereocenters. The van der Waals surface area contributed by atoms with Gasteiger partial charge in [-0.05, 0) is 48.5 Å². The summed E-state index contributed by atoms with van der Waals surface area (Å²) in [5.41, 5.74) is 6.04. The molecule has 29 heavy (non-hydrogen) atoms. The van der Waals surface area contributed by atoms with E-state index in [0.29, 0.717) is 22.0 Å². The second kappa shape index (κ2) is 8.92. The highest BCUT2D eigenvalue weighted by atomic mass is 35.5. The third-order valence-electron chi connectivity index (χ3n) is 3.76. The van der Waals surface area contributed by atoms with Crippen LogP contribution in [0.1, 0.15) is 10.4 Å². The van der Waals surface area contributed by atoms with Crippen LogP contribution >= 0.6 is 34.8 Å². The molecule has 3 aromatic carbocycles. The van der Waals surface area contributed by atoms with Crippen LogP contribution in [0.4, 0.5) is 11.4 Å². The minimum Gasteiger partial charge on any atom is -0.295 e. The second-order valence-electron chi connectivity index (χ2n) is 5.82. The molecule has 0 heterocycles. The van der Waals surface area contributed by atoms with Crippen LogP contribution in [0, 0.1) is 0 Å². The highest BCUT2D eigenvalue weighted by Gasteiger charge is 2.14. The molecule has 0 saturated carbocycles. The maximum atomic E-state index is 12.3. The zero-order chi connectivity index (χ0) is 21.0. The zero-order valence-electron chi connectivity index (χ0n) is 14.6. The fourth-order valence-corrected chi connectivity index (χ4v) is 4.35. The van der Waals surface area contributed by atoms with Gasteiger partial charge in [0.25, 0.3) is 15.9 Å². The van der Waals surface area contributed by atoms with Gasteiger partial charge in [0.2, 0.25) is 0 Å². The number of hydrazine groups is 1. The van der Waals surface area contributed by atoms with Crippen molar-refractivity contribution in [3.8, 4) is 0 Å². The van der Waals surface area contributed by atoms with Crippen molar-refractivity contribution in [1.82, 2.24) is 5.43 Å². The van der Waals surface area contributed by atoms with Crippen LogP contribution in [0.2, 0.25) is 15.1 Å². The monoisotopic (exact) mass is 469 g/mol. The fourth-order valence-electron chi connectivity index (χ4n) is 2.36. The van der Waals surface area contributed by atoms with Gasteiger partial charge in [0.15, 0.2) is 0 Å². The number of hydrogen-bond acceptors (Lipinski definition) is 4. The summed E-state index contributed by atoms with van der Waals surface area (Å²) in [5.74, 6) is -0.468. The van der Waals surface area contributed by atoms with E-state index < -0.39 is 15.9 Å². The maximum Gasteiger partial charge on any atom is 0.269 e. The normalized spacial score (nSPS) is 11.0. The summed E-state index contributed by atoms with van der Waals surface area (Å²) in [5, 5.41) is 0.854. The van der Waals surface area contributed by atoms with Gasteiger partial charge in [-0.2, -0.15) is 0 Å². The second-order valence-corrected chi connectivity index (χ2v) is 8.75. The van der Waals surface area contributed by atoms with E-state index in [9.17, 15) is 13.2 Å². The van der Waals surface area contributed by atoms with Crippen molar-refractivity contribution in [3.05, 3.63) is 87.4 Å². The van der Waals surface area contributed by atoms with E-state index in [0.717, 1.165) is 0 Å². The van der Waals surface area contributed by atoms with Crippen LogP contribution in [0.25, 0.3) is 0 Å². The first-order valence-corrected chi connectivity index (χ1v) is 10.8. The fraction of sp³-hybridized carbons (Fsp3) is 0. The summed E-state index contributed by atoms with van der Waals surface area (Å²) in [6, 6.07) is 16.9. The number of sulfonamides is 1. The molecule has 0 spiro atoms. The topological polar surface area (TPSA) is 87.3 Å². The third kappa shape index (κ3) is 5.33. The lowest BCUT2D eigenvalue weighted by atomic mass is 10.2. The minimum absolute atomic E-state index is 0.141. The Morgan fingerprint density at radius 2 is 1.41 bits per heavy atom. The lowest BCUT2D eigenvalue weighted by Crippen LogP contribution is -2.29. The lowest BCUT2D eigenvalue weighted by Gasteiger charge is -2.12. The third-order valence-corrected chi connectivity index (χ3v) is 5.97. The molecule has 0 fully saturated rings. The van der Waals surface area contributed by atoms with Crippen LogP contribution < -0.4 is 15.6 Å². The van der Waals surface area contributed by atoms with Crippen LogP contribution in [0.15, 0.2) is 71.6 Å². The molecule has 0 aliphatic carbocycles. The number of amides is 1. The smallest absolute Gasteiger partial charge is 0.269 e. The van der Waals surface area contributed by atoms with E-state index >= 15 is 0 Å². The average Bonchev–Trinajstić information content (AvgIpc) is 2.68. The van der Waals surface area contributed by atoms with Gasteiger partial charge in [-0.25, -0.2) is 8.42 Å². The number of nitrogens with one attached hydrogen (secondary N) is 3. The van der Waals surface area contributed by atoms with E-state index in [1.165, 1.54) is 48.5 Å². The predicted octanol–water partition coefficient (Wildman–Crippen LogP) is 5.20. The summed E-state index contributed by atoms with van der Waals surface area (Å²) in [6.45, 7) is 0. The van der Waals surface area contributed by atoms with Crippen molar-refractivity contribution in [2.45, 2.75) is 4.90 Å². The molecular weight excluding hydrogens is 457 g/mol. The number of rotatable bonds is 6. The summed E-state index contributed by atoms with van der Waals surface area (Å²) in [7, 11) is -3.71. The molecule has 3 N–H and O–H groups in total. The molecule has 0 unspecified atom stereocenters. The number of carbonyl (C=O) groups is 1. The Bertz CT molecular complexity index is 1120. The molecule has 10 heteroatoms. The van der Waals surface area contributed by atoms with Crippen LogP contribution in [-0.4, -0.2) is 14.3 Å². The van der Waals surface area contributed by atoms with Crippen LogP contribution in [0.5, 0.6) is 0 Å². The van der Waals surface area contributed by atoms with Gasteiger partial charge in [0.05, 0.1) is 20.6 Å². The molecular formula is C19H14Cl3N3O3S. The highest BCUT2D eigenvalue weighted by Crippen LogP contribution is 2.33. The first-order chi connectivity index (χ1) is 13.8. The minimum atomic E-state index is -3.71. The maximum absolute atomic E-state index is 12.3.